The summed E-state index contributed by atoms with van der Waals surface area (Å²) in [7, 11) is 1.81. The van der Waals surface area contributed by atoms with Crippen molar-refractivity contribution in [3.63, 3.8) is 0 Å². The second kappa shape index (κ2) is 5.03. The molecule has 0 rings (SSSR count). The minimum atomic E-state index is -0.0868. The van der Waals surface area contributed by atoms with Crippen LogP contribution in [0.1, 0.15) is 0 Å². The van der Waals surface area contributed by atoms with Crippen molar-refractivity contribution in [2.45, 2.75) is 0 Å². The lowest BCUT2D eigenvalue weighted by Crippen LogP contribution is -2.24. The molecule has 49 valence electrons. The van der Waals surface area contributed by atoms with Gasteiger partial charge >= 0.3 is 0 Å². The van der Waals surface area contributed by atoms with Crippen molar-refractivity contribution >= 4 is 0 Å². The number of hydrogen-bond donors (Lipinski definition) is 1. The predicted molar refractivity (Wildman–Crippen MR) is 30.1 cm³/mol. The molecule has 0 saturated carbocycles. The molecule has 0 fully saturated rings. The highest BCUT2D eigenvalue weighted by molar-refractivity contribution is 4.45. The zero-order valence-corrected chi connectivity index (χ0v) is 5.13. The predicted octanol–water partition coefficient (Wildman–Crippen LogP) is -0.659. The quantitative estimate of drug-likeness (QED) is 0.532. The molecule has 3 nitrogen and oxygen atoms in total. The molecular formula is C5H12NO2. The van der Waals surface area contributed by atoms with E-state index < -0.39 is 0 Å². The van der Waals surface area contributed by atoms with Gasteiger partial charge in [-0.05, 0) is 7.05 Å². The summed E-state index contributed by atoms with van der Waals surface area (Å²) in [5.41, 5.74) is 0. The first-order valence-corrected chi connectivity index (χ1v) is 2.68. The summed E-state index contributed by atoms with van der Waals surface area (Å²) < 4.78 is 0. The molecule has 0 saturated heterocycles. The Morgan fingerprint density at radius 2 is 2.12 bits per heavy atom. The van der Waals surface area contributed by atoms with Gasteiger partial charge in [0, 0.05) is 13.1 Å². The van der Waals surface area contributed by atoms with E-state index in [-0.39, 0.29) is 13.2 Å². The summed E-state index contributed by atoms with van der Waals surface area (Å²) >= 11 is 0. The fraction of sp³-hybridized carbons (Fsp3) is 1.00. The van der Waals surface area contributed by atoms with Gasteiger partial charge in [-0.25, -0.2) is 5.11 Å². The Labute approximate surface area is 49.5 Å². The maximum Gasteiger partial charge on any atom is 0.0949 e. The number of rotatable bonds is 4. The minimum absolute atomic E-state index is 0.0868. The first-order valence-electron chi connectivity index (χ1n) is 2.68. The van der Waals surface area contributed by atoms with Gasteiger partial charge in [0.2, 0.25) is 0 Å². The molecule has 0 aliphatic rings. The SMILES string of the molecule is CN(CC[O])CCO. The Morgan fingerprint density at radius 1 is 1.50 bits per heavy atom. The summed E-state index contributed by atoms with van der Waals surface area (Å²) in [5, 5.41) is 18.2. The third kappa shape index (κ3) is 4.05. The number of hydrogen-bond acceptors (Lipinski definition) is 2. The molecule has 0 aromatic rings. The maximum absolute atomic E-state index is 9.89. The van der Waals surface area contributed by atoms with Gasteiger partial charge in [0.05, 0.1) is 13.2 Å². The van der Waals surface area contributed by atoms with Crippen LogP contribution >= 0.6 is 0 Å². The second-order valence-electron chi connectivity index (χ2n) is 1.73. The lowest BCUT2D eigenvalue weighted by Gasteiger charge is -2.10. The molecule has 0 aromatic heterocycles. The van der Waals surface area contributed by atoms with Gasteiger partial charge in [-0.3, -0.25) is 0 Å². The van der Waals surface area contributed by atoms with Crippen molar-refractivity contribution in [2.24, 2.45) is 0 Å². The normalized spacial score (nSPS) is 10.5. The third-order valence-electron chi connectivity index (χ3n) is 0.955. The lowest BCUT2D eigenvalue weighted by molar-refractivity contribution is 0.140. The van der Waals surface area contributed by atoms with Crippen LogP contribution in [0.4, 0.5) is 0 Å². The monoisotopic (exact) mass is 118 g/mol. The zero-order chi connectivity index (χ0) is 6.41. The van der Waals surface area contributed by atoms with Gasteiger partial charge in [-0.1, -0.05) is 0 Å². The summed E-state index contributed by atoms with van der Waals surface area (Å²) in [6.45, 7) is 1.18. The molecule has 3 heteroatoms. The van der Waals surface area contributed by atoms with Crippen LogP contribution in [0.15, 0.2) is 0 Å². The molecule has 0 amide bonds. The molecule has 0 aromatic carbocycles. The molecule has 0 unspecified atom stereocenters. The van der Waals surface area contributed by atoms with Crippen LogP contribution in [0.2, 0.25) is 0 Å². The number of aliphatic hydroxyl groups excluding tert-OH is 1. The minimum Gasteiger partial charge on any atom is -0.395 e. The van der Waals surface area contributed by atoms with E-state index in [9.17, 15) is 5.11 Å². The first-order chi connectivity index (χ1) is 3.81. The van der Waals surface area contributed by atoms with Crippen LogP contribution < -0.4 is 0 Å². The molecule has 0 spiro atoms. The van der Waals surface area contributed by atoms with Crippen molar-refractivity contribution in [2.75, 3.05) is 33.4 Å². The van der Waals surface area contributed by atoms with Crippen LogP contribution in [0.25, 0.3) is 0 Å². The van der Waals surface area contributed by atoms with E-state index in [2.05, 4.69) is 0 Å². The Kier molecular flexibility index (Phi) is 4.95. The molecule has 0 aliphatic heterocycles. The van der Waals surface area contributed by atoms with Crippen molar-refractivity contribution < 1.29 is 10.2 Å². The molecule has 0 aliphatic carbocycles. The van der Waals surface area contributed by atoms with Crippen LogP contribution in [-0.4, -0.2) is 43.4 Å². The maximum atomic E-state index is 9.89. The van der Waals surface area contributed by atoms with Crippen molar-refractivity contribution in [3.05, 3.63) is 0 Å². The molecule has 1 radical (unpaired) electrons. The van der Waals surface area contributed by atoms with Gasteiger partial charge in [0.25, 0.3) is 0 Å². The molecule has 1 N–H and O–H groups in total. The Balaban J connectivity index is 2.92. The van der Waals surface area contributed by atoms with E-state index >= 15 is 0 Å². The van der Waals surface area contributed by atoms with Crippen molar-refractivity contribution in [1.82, 2.24) is 4.90 Å². The highest BCUT2D eigenvalue weighted by atomic mass is 16.3. The number of nitrogens with zero attached hydrogens (tertiary/aromatic N) is 1. The van der Waals surface area contributed by atoms with Crippen LogP contribution in [0.3, 0.4) is 0 Å². The summed E-state index contributed by atoms with van der Waals surface area (Å²) in [4.78, 5) is 1.80. The number of aliphatic hydroxyl groups is 1. The summed E-state index contributed by atoms with van der Waals surface area (Å²) in [5.74, 6) is 0. The fourth-order valence-electron chi connectivity index (χ4n) is 0.438. The van der Waals surface area contributed by atoms with E-state index in [1.54, 1.807) is 4.90 Å². The van der Waals surface area contributed by atoms with Gasteiger partial charge in [0.15, 0.2) is 0 Å². The average molecular weight is 118 g/mol. The highest BCUT2D eigenvalue weighted by Gasteiger charge is 1.92. The van der Waals surface area contributed by atoms with Crippen LogP contribution in [-0.2, 0) is 5.11 Å². The molecular weight excluding hydrogens is 106 g/mol. The van der Waals surface area contributed by atoms with E-state index in [4.69, 9.17) is 5.11 Å². The summed E-state index contributed by atoms with van der Waals surface area (Å²) in [6, 6.07) is 0. The molecule has 0 bridgehead atoms. The van der Waals surface area contributed by atoms with Crippen LogP contribution in [0.5, 0.6) is 0 Å². The molecule has 8 heavy (non-hydrogen) atoms. The highest BCUT2D eigenvalue weighted by Crippen LogP contribution is 1.76. The zero-order valence-electron chi connectivity index (χ0n) is 5.13. The largest absolute Gasteiger partial charge is 0.395 e. The lowest BCUT2D eigenvalue weighted by atomic mass is 10.5. The molecule has 0 atom stereocenters. The second-order valence-corrected chi connectivity index (χ2v) is 1.73. The van der Waals surface area contributed by atoms with Gasteiger partial charge in [-0.15, -0.1) is 0 Å². The van der Waals surface area contributed by atoms with E-state index in [0.717, 1.165) is 0 Å². The fourth-order valence-corrected chi connectivity index (χ4v) is 0.438. The standard InChI is InChI=1S/C5H12NO2/c1-6(2-4-7)3-5-8/h7H,2-5H2,1H3. The Hall–Kier alpha value is -0.120. The van der Waals surface area contributed by atoms with Crippen molar-refractivity contribution in [3.8, 4) is 0 Å². The van der Waals surface area contributed by atoms with Crippen molar-refractivity contribution in [1.29, 1.82) is 0 Å². The number of likely N-dealkylation sites (N-methyl/N-ethyl adjacent to an activating group) is 1. The molecule has 0 heterocycles. The van der Waals surface area contributed by atoms with Gasteiger partial charge in [-0.2, -0.15) is 0 Å². The topological polar surface area (TPSA) is 43.4 Å². The smallest absolute Gasteiger partial charge is 0.0949 e. The Morgan fingerprint density at radius 3 is 2.50 bits per heavy atom. The first kappa shape index (κ1) is 7.88. The summed E-state index contributed by atoms with van der Waals surface area (Å²) in [6.07, 6.45) is 0. The Bertz CT molecular complexity index is 43.7. The van der Waals surface area contributed by atoms with E-state index in [1.165, 1.54) is 0 Å². The van der Waals surface area contributed by atoms with Crippen LogP contribution in [0, 0.1) is 0 Å². The average Bonchev–Trinajstić information content (AvgIpc) is 1.68. The van der Waals surface area contributed by atoms with E-state index in [0.29, 0.717) is 13.1 Å². The van der Waals surface area contributed by atoms with Gasteiger partial charge in [0.1, 0.15) is 0 Å². The third-order valence-corrected chi connectivity index (χ3v) is 0.955. The van der Waals surface area contributed by atoms with Gasteiger partial charge < -0.3 is 10.0 Å². The van der Waals surface area contributed by atoms with E-state index in [1.807, 2.05) is 7.05 Å².